The van der Waals surface area contributed by atoms with Crippen LogP contribution in [0.4, 0.5) is 0 Å². The number of unbranched alkanes of at least 4 members (excludes halogenated alkanes) is 1. The van der Waals surface area contributed by atoms with Crippen molar-refractivity contribution in [1.82, 2.24) is 4.90 Å². The molecule has 0 unspecified atom stereocenters. The summed E-state index contributed by atoms with van der Waals surface area (Å²) in [6.07, 6.45) is 19.9. The summed E-state index contributed by atoms with van der Waals surface area (Å²) in [6, 6.07) is 0. The van der Waals surface area contributed by atoms with E-state index >= 15 is 0 Å². The van der Waals surface area contributed by atoms with Gasteiger partial charge >= 0.3 is 0 Å². The van der Waals surface area contributed by atoms with Crippen LogP contribution in [0.1, 0.15) is 112 Å². The van der Waals surface area contributed by atoms with Gasteiger partial charge in [-0.15, -0.1) is 0 Å². The smallest absolute Gasteiger partial charge is 0.220 e. The van der Waals surface area contributed by atoms with E-state index in [0.717, 1.165) is 23.1 Å². The van der Waals surface area contributed by atoms with Crippen molar-refractivity contribution < 1.29 is 9.90 Å². The average Bonchev–Trinajstić information content (AvgIpc) is 3.44. The van der Waals surface area contributed by atoms with Crippen molar-refractivity contribution in [3.63, 3.8) is 0 Å². The fourth-order valence-electron chi connectivity index (χ4n) is 9.38. The van der Waals surface area contributed by atoms with Gasteiger partial charge in [-0.2, -0.15) is 0 Å². The average molecular weight is 518 g/mol. The number of aliphatic hydroxyl groups excluding tert-OH is 1. The first-order valence-electron chi connectivity index (χ1n) is 15.5. The minimum absolute atomic E-state index is 0.0525. The van der Waals surface area contributed by atoms with Crippen LogP contribution in [0.2, 0.25) is 0 Å². The van der Waals surface area contributed by atoms with Crippen LogP contribution in [0.15, 0.2) is 58.6 Å². The van der Waals surface area contributed by atoms with Gasteiger partial charge in [0.25, 0.3) is 0 Å². The standard InChI is InChI=1S/C35H51NO2/c1-8-9-17-35(7)30-15-14-27-24(2)31(38)29(37)22-28(27)33(30,5)18-19-34(35,6)26-13-12-16-32(4,23-26)25(3)36-20-10-11-21-36/h14-15,22,26,38H,3,8-13,16-21,23H2,1-2,4-7H3/t26-,32+,33-,34-,35+/m0/s1. The maximum absolute atomic E-state index is 12.8. The molecule has 3 nitrogen and oxygen atoms in total. The molecule has 0 spiro atoms. The lowest BCUT2D eigenvalue weighted by Crippen LogP contribution is -2.55. The first kappa shape index (κ1) is 27.5. The van der Waals surface area contributed by atoms with Crippen molar-refractivity contribution >= 4 is 5.78 Å². The van der Waals surface area contributed by atoms with E-state index in [1.165, 1.54) is 88.6 Å². The number of ketones is 1. The van der Waals surface area contributed by atoms with E-state index in [1.807, 2.05) is 6.92 Å². The first-order chi connectivity index (χ1) is 17.9. The minimum Gasteiger partial charge on any atom is -0.504 e. The summed E-state index contributed by atoms with van der Waals surface area (Å²) in [4.78, 5) is 15.4. The van der Waals surface area contributed by atoms with E-state index in [0.29, 0.717) is 5.92 Å². The van der Waals surface area contributed by atoms with Crippen molar-refractivity contribution in [2.24, 2.45) is 27.6 Å². The third kappa shape index (κ3) is 3.93. The molecule has 1 N–H and O–H groups in total. The van der Waals surface area contributed by atoms with E-state index in [4.69, 9.17) is 6.58 Å². The summed E-state index contributed by atoms with van der Waals surface area (Å²) >= 11 is 0. The Balaban J connectivity index is 1.55. The summed E-state index contributed by atoms with van der Waals surface area (Å²) in [5.74, 6) is 0.338. The Kier molecular flexibility index (Phi) is 6.93. The number of aliphatic hydroxyl groups is 1. The van der Waals surface area contributed by atoms with Crippen molar-refractivity contribution in [2.75, 3.05) is 13.1 Å². The molecular formula is C35H51NO2. The molecule has 38 heavy (non-hydrogen) atoms. The third-order valence-corrected chi connectivity index (χ3v) is 12.3. The van der Waals surface area contributed by atoms with Crippen molar-refractivity contribution in [2.45, 2.75) is 112 Å². The molecule has 208 valence electrons. The maximum atomic E-state index is 12.8. The normalized spacial score (nSPS) is 39.3. The number of hydrogen-bond donors (Lipinski definition) is 1. The molecule has 0 bridgehead atoms. The molecule has 0 aromatic heterocycles. The van der Waals surface area contributed by atoms with Gasteiger partial charge in [-0.25, -0.2) is 0 Å². The third-order valence-electron chi connectivity index (χ3n) is 12.3. The molecule has 1 heterocycles. The molecule has 1 saturated heterocycles. The van der Waals surface area contributed by atoms with Gasteiger partial charge in [0.1, 0.15) is 0 Å². The molecule has 5 rings (SSSR count). The van der Waals surface area contributed by atoms with Crippen LogP contribution in [0.5, 0.6) is 0 Å². The largest absolute Gasteiger partial charge is 0.504 e. The number of carbonyl (C=O) groups is 1. The topological polar surface area (TPSA) is 40.5 Å². The molecule has 3 fully saturated rings. The zero-order valence-corrected chi connectivity index (χ0v) is 25.0. The molecule has 2 saturated carbocycles. The number of rotatable bonds is 6. The Morgan fingerprint density at radius 1 is 1.08 bits per heavy atom. The molecule has 0 aromatic rings. The van der Waals surface area contributed by atoms with Crippen LogP contribution in [0, 0.1) is 27.6 Å². The number of allylic oxidation sites excluding steroid dienone is 8. The van der Waals surface area contributed by atoms with E-state index < -0.39 is 0 Å². The Hall–Kier alpha value is -2.03. The van der Waals surface area contributed by atoms with Crippen molar-refractivity contribution in [1.29, 1.82) is 0 Å². The summed E-state index contributed by atoms with van der Waals surface area (Å²) < 4.78 is 0. The Bertz CT molecular complexity index is 1150. The van der Waals surface area contributed by atoms with E-state index in [2.05, 4.69) is 51.7 Å². The number of hydrogen-bond acceptors (Lipinski definition) is 3. The highest BCUT2D eigenvalue weighted by molar-refractivity contribution is 6.06. The summed E-state index contributed by atoms with van der Waals surface area (Å²) in [5.41, 5.74) is 6.12. The zero-order chi connectivity index (χ0) is 27.5. The lowest BCUT2D eigenvalue weighted by atomic mass is 9.40. The van der Waals surface area contributed by atoms with Crippen LogP contribution in [-0.4, -0.2) is 28.9 Å². The van der Waals surface area contributed by atoms with Crippen LogP contribution >= 0.6 is 0 Å². The first-order valence-corrected chi connectivity index (χ1v) is 15.5. The zero-order valence-electron chi connectivity index (χ0n) is 25.0. The quantitative estimate of drug-likeness (QED) is 0.382. The minimum atomic E-state index is -0.232. The monoisotopic (exact) mass is 517 g/mol. The maximum Gasteiger partial charge on any atom is 0.220 e. The van der Waals surface area contributed by atoms with E-state index in [1.54, 1.807) is 6.08 Å². The van der Waals surface area contributed by atoms with Crippen molar-refractivity contribution in [3.05, 3.63) is 58.6 Å². The van der Waals surface area contributed by atoms with Gasteiger partial charge in [0.15, 0.2) is 5.76 Å². The molecule has 3 heteroatoms. The second kappa shape index (κ2) is 9.56. The van der Waals surface area contributed by atoms with Crippen LogP contribution < -0.4 is 0 Å². The second-order valence-corrected chi connectivity index (χ2v) is 14.2. The van der Waals surface area contributed by atoms with E-state index in [-0.39, 0.29) is 33.2 Å². The fraction of sp³-hybridized carbons (Fsp3) is 0.686. The van der Waals surface area contributed by atoms with Crippen LogP contribution in [0.3, 0.4) is 0 Å². The van der Waals surface area contributed by atoms with Gasteiger partial charge in [0.05, 0.1) is 0 Å². The van der Waals surface area contributed by atoms with Gasteiger partial charge in [-0.3, -0.25) is 4.79 Å². The molecule has 5 atom stereocenters. The van der Waals surface area contributed by atoms with Gasteiger partial charge in [-0.1, -0.05) is 78.2 Å². The predicted molar refractivity (Wildman–Crippen MR) is 158 cm³/mol. The SMILES string of the molecule is C=C(N1CCCC1)[C@]1(C)CCC[C@H]([C@]2(C)CC[C@@]3(C)C4=CC(=O)C(O)=C(C)C4=CC=C3[C@@]2(C)CCCC)C1. The molecule has 0 amide bonds. The molecule has 1 aliphatic heterocycles. The van der Waals surface area contributed by atoms with Crippen LogP contribution in [-0.2, 0) is 4.79 Å². The molecule has 0 aromatic carbocycles. The molecule has 4 aliphatic carbocycles. The number of carbonyl (C=O) groups excluding carboxylic acids is 1. The summed E-state index contributed by atoms with van der Waals surface area (Å²) in [5, 5.41) is 10.4. The van der Waals surface area contributed by atoms with Crippen molar-refractivity contribution in [3.8, 4) is 0 Å². The molecular weight excluding hydrogens is 466 g/mol. The number of fused-ring (bicyclic) bond motifs is 3. The van der Waals surface area contributed by atoms with Gasteiger partial charge in [0.2, 0.25) is 5.78 Å². The fourth-order valence-corrected chi connectivity index (χ4v) is 9.38. The summed E-state index contributed by atoms with van der Waals surface area (Å²) in [6.45, 7) is 21.4. The van der Waals surface area contributed by atoms with E-state index in [9.17, 15) is 9.90 Å². The number of likely N-dealkylation sites (tertiary alicyclic amines) is 1. The molecule has 0 radical (unpaired) electrons. The Labute approximate surface area is 231 Å². The summed E-state index contributed by atoms with van der Waals surface area (Å²) in [7, 11) is 0. The van der Waals surface area contributed by atoms with Gasteiger partial charge in [-0.05, 0) is 92.3 Å². The van der Waals surface area contributed by atoms with Gasteiger partial charge < -0.3 is 10.0 Å². The lowest BCUT2D eigenvalue weighted by molar-refractivity contribution is -0.114. The molecule has 5 aliphatic rings. The predicted octanol–water partition coefficient (Wildman–Crippen LogP) is 9.00. The highest BCUT2D eigenvalue weighted by atomic mass is 16.3. The Morgan fingerprint density at radius 3 is 2.47 bits per heavy atom. The highest BCUT2D eigenvalue weighted by Crippen LogP contribution is 2.70. The van der Waals surface area contributed by atoms with Gasteiger partial charge in [0, 0.05) is 35.2 Å². The van der Waals surface area contributed by atoms with Crippen LogP contribution in [0.25, 0.3) is 0 Å². The Morgan fingerprint density at radius 2 is 1.79 bits per heavy atom. The number of nitrogens with zero attached hydrogens (tertiary/aromatic N) is 1. The highest BCUT2D eigenvalue weighted by Gasteiger charge is 2.60. The second-order valence-electron chi connectivity index (χ2n) is 14.2. The lowest BCUT2D eigenvalue weighted by Gasteiger charge is -2.64.